The van der Waals surface area contributed by atoms with Gasteiger partial charge in [0.2, 0.25) is 0 Å². The van der Waals surface area contributed by atoms with E-state index in [1.807, 2.05) is 6.20 Å². The van der Waals surface area contributed by atoms with Gasteiger partial charge in [-0.05, 0) is 6.42 Å². The molecule has 0 aliphatic heterocycles. The first-order valence-electron chi connectivity index (χ1n) is 5.43. The van der Waals surface area contributed by atoms with E-state index in [1.54, 1.807) is 7.11 Å². The number of unbranched alkanes of at least 4 members (excludes halogenated alkanes) is 1. The Bertz CT molecular complexity index is 245. The predicted octanol–water partition coefficient (Wildman–Crippen LogP) is 1.68. The van der Waals surface area contributed by atoms with Crippen LogP contribution in [-0.4, -0.2) is 18.7 Å². The summed E-state index contributed by atoms with van der Waals surface area (Å²) in [7, 11) is 1.75. The number of rotatable bonds is 7. The second-order valence-corrected chi connectivity index (χ2v) is 3.55. The number of H-pyrrole nitrogens is 1. The monoisotopic (exact) mass is 197 g/mol. The summed E-state index contributed by atoms with van der Waals surface area (Å²) in [5.74, 6) is 1.34. The molecule has 0 aliphatic carbocycles. The Morgan fingerprint density at radius 1 is 1.43 bits per heavy atom. The summed E-state index contributed by atoms with van der Waals surface area (Å²) in [6.45, 7) is 4.11. The number of aromatic amines is 1. The third kappa shape index (κ3) is 3.50. The van der Waals surface area contributed by atoms with Gasteiger partial charge in [-0.25, -0.2) is 9.55 Å². The van der Waals surface area contributed by atoms with Gasteiger partial charge >= 0.3 is 0 Å². The summed E-state index contributed by atoms with van der Waals surface area (Å²) >= 11 is 0. The van der Waals surface area contributed by atoms with Gasteiger partial charge in [0.1, 0.15) is 12.4 Å². The van der Waals surface area contributed by atoms with Crippen LogP contribution in [0.5, 0.6) is 0 Å². The van der Waals surface area contributed by atoms with Gasteiger partial charge in [0, 0.05) is 26.6 Å². The van der Waals surface area contributed by atoms with Crippen LogP contribution < -0.4 is 4.57 Å². The Labute approximate surface area is 86.1 Å². The quantitative estimate of drug-likeness (QED) is 0.523. The number of imidazole rings is 1. The minimum Gasteiger partial charge on any atom is -0.385 e. The average molecular weight is 197 g/mol. The van der Waals surface area contributed by atoms with Gasteiger partial charge in [0.15, 0.2) is 0 Å². The van der Waals surface area contributed by atoms with Crippen LogP contribution in [0.2, 0.25) is 0 Å². The maximum absolute atomic E-state index is 5.04. The van der Waals surface area contributed by atoms with Crippen molar-refractivity contribution in [1.29, 1.82) is 0 Å². The lowest BCUT2D eigenvalue weighted by molar-refractivity contribution is -0.703. The van der Waals surface area contributed by atoms with Crippen molar-refractivity contribution in [3.63, 3.8) is 0 Å². The molecule has 0 aromatic carbocycles. The number of aromatic nitrogens is 2. The highest BCUT2D eigenvalue weighted by molar-refractivity contribution is 4.77. The standard InChI is InChI=1S/C11H20N2O/c1-3-4-6-11-12-7-9-13(11)8-5-10-14-2/h7,9H,3-6,8,10H2,1-2H3/p+1. The second kappa shape index (κ2) is 6.60. The lowest BCUT2D eigenvalue weighted by Gasteiger charge is -2.00. The fourth-order valence-electron chi connectivity index (χ4n) is 1.55. The Kier molecular flexibility index (Phi) is 5.30. The molecule has 0 aliphatic rings. The summed E-state index contributed by atoms with van der Waals surface area (Å²) in [5, 5.41) is 0. The first-order valence-corrected chi connectivity index (χ1v) is 5.43. The molecule has 1 aromatic heterocycles. The molecule has 0 fully saturated rings. The van der Waals surface area contributed by atoms with E-state index in [1.165, 1.54) is 18.7 Å². The zero-order valence-electron chi connectivity index (χ0n) is 9.25. The van der Waals surface area contributed by atoms with Crippen LogP contribution in [0.3, 0.4) is 0 Å². The number of aryl methyl sites for hydroxylation is 2. The van der Waals surface area contributed by atoms with Crippen LogP contribution in [-0.2, 0) is 17.7 Å². The molecule has 0 saturated carbocycles. The summed E-state index contributed by atoms with van der Waals surface area (Å²) in [6, 6.07) is 0. The molecule has 0 bridgehead atoms. The lowest BCUT2D eigenvalue weighted by atomic mass is 10.2. The smallest absolute Gasteiger partial charge is 0.254 e. The maximum atomic E-state index is 5.04. The summed E-state index contributed by atoms with van der Waals surface area (Å²) < 4.78 is 7.32. The molecule has 0 saturated heterocycles. The first-order chi connectivity index (χ1) is 6.88. The highest BCUT2D eigenvalue weighted by atomic mass is 16.5. The highest BCUT2D eigenvalue weighted by Gasteiger charge is 2.08. The topological polar surface area (TPSA) is 28.9 Å². The number of nitrogens with zero attached hydrogens (tertiary/aromatic N) is 1. The molecule has 0 unspecified atom stereocenters. The molecule has 3 nitrogen and oxygen atoms in total. The van der Waals surface area contributed by atoms with Crippen molar-refractivity contribution >= 4 is 0 Å². The van der Waals surface area contributed by atoms with Crippen molar-refractivity contribution in [3.05, 3.63) is 18.2 Å². The van der Waals surface area contributed by atoms with E-state index >= 15 is 0 Å². The van der Waals surface area contributed by atoms with E-state index < -0.39 is 0 Å². The van der Waals surface area contributed by atoms with Gasteiger partial charge in [-0.15, -0.1) is 0 Å². The van der Waals surface area contributed by atoms with Gasteiger partial charge in [0.25, 0.3) is 5.82 Å². The molecule has 3 heteroatoms. The lowest BCUT2D eigenvalue weighted by Crippen LogP contribution is -2.36. The van der Waals surface area contributed by atoms with Crippen LogP contribution in [0, 0.1) is 0 Å². The van der Waals surface area contributed by atoms with Crippen molar-refractivity contribution in [2.24, 2.45) is 0 Å². The summed E-state index contributed by atoms with van der Waals surface area (Å²) in [4.78, 5) is 3.29. The largest absolute Gasteiger partial charge is 0.385 e. The predicted molar refractivity (Wildman–Crippen MR) is 56.1 cm³/mol. The summed E-state index contributed by atoms with van der Waals surface area (Å²) in [5.41, 5.74) is 0. The Balaban J connectivity index is 2.37. The molecule has 0 spiro atoms. The first kappa shape index (κ1) is 11.2. The third-order valence-electron chi connectivity index (χ3n) is 2.37. The second-order valence-electron chi connectivity index (χ2n) is 3.55. The van der Waals surface area contributed by atoms with Gasteiger partial charge in [-0.3, -0.25) is 0 Å². The van der Waals surface area contributed by atoms with Crippen molar-refractivity contribution in [2.45, 2.75) is 39.2 Å². The number of nitrogens with one attached hydrogen (secondary N) is 1. The van der Waals surface area contributed by atoms with Crippen molar-refractivity contribution in [1.82, 2.24) is 4.98 Å². The molecular weight excluding hydrogens is 176 g/mol. The van der Waals surface area contributed by atoms with Gasteiger partial charge in [-0.1, -0.05) is 13.3 Å². The van der Waals surface area contributed by atoms with Gasteiger partial charge in [-0.2, -0.15) is 0 Å². The molecule has 1 rings (SSSR count). The molecule has 0 atom stereocenters. The molecule has 0 amide bonds. The zero-order chi connectivity index (χ0) is 10.2. The van der Waals surface area contributed by atoms with Crippen molar-refractivity contribution < 1.29 is 9.30 Å². The van der Waals surface area contributed by atoms with Crippen LogP contribution >= 0.6 is 0 Å². The SMILES string of the molecule is CCCCc1[nH]cc[n+]1CCCOC. The molecular formula is C11H21N2O+. The van der Waals surface area contributed by atoms with E-state index in [0.717, 1.165) is 26.0 Å². The molecule has 80 valence electrons. The molecule has 1 N–H and O–H groups in total. The van der Waals surface area contributed by atoms with Crippen molar-refractivity contribution in [3.8, 4) is 0 Å². The van der Waals surface area contributed by atoms with E-state index in [-0.39, 0.29) is 0 Å². The fraction of sp³-hybridized carbons (Fsp3) is 0.727. The van der Waals surface area contributed by atoms with Crippen LogP contribution in [0.1, 0.15) is 32.0 Å². The number of methoxy groups -OCH3 is 1. The van der Waals surface area contributed by atoms with Crippen LogP contribution in [0.4, 0.5) is 0 Å². The minimum atomic E-state index is 0.839. The molecule has 1 aromatic rings. The van der Waals surface area contributed by atoms with E-state index in [4.69, 9.17) is 4.74 Å². The number of hydrogen-bond acceptors (Lipinski definition) is 1. The van der Waals surface area contributed by atoms with Gasteiger partial charge < -0.3 is 4.74 Å². The number of ether oxygens (including phenoxy) is 1. The summed E-state index contributed by atoms with van der Waals surface area (Å²) in [6.07, 6.45) is 8.86. The van der Waals surface area contributed by atoms with Crippen LogP contribution in [0.15, 0.2) is 12.4 Å². The average Bonchev–Trinajstić information content (AvgIpc) is 2.63. The minimum absolute atomic E-state index is 0.839. The van der Waals surface area contributed by atoms with Gasteiger partial charge in [0.05, 0.1) is 6.54 Å². The molecule has 0 radical (unpaired) electrons. The normalized spacial score (nSPS) is 10.7. The maximum Gasteiger partial charge on any atom is 0.254 e. The Morgan fingerprint density at radius 2 is 2.29 bits per heavy atom. The highest BCUT2D eigenvalue weighted by Crippen LogP contribution is 1.97. The molecule has 14 heavy (non-hydrogen) atoms. The third-order valence-corrected chi connectivity index (χ3v) is 2.37. The number of hydrogen-bond donors (Lipinski definition) is 1. The van der Waals surface area contributed by atoms with E-state index in [2.05, 4.69) is 22.7 Å². The Hall–Kier alpha value is -0.830. The molecule has 1 heterocycles. The zero-order valence-corrected chi connectivity index (χ0v) is 9.25. The Morgan fingerprint density at radius 3 is 3.00 bits per heavy atom. The van der Waals surface area contributed by atoms with E-state index in [9.17, 15) is 0 Å². The van der Waals surface area contributed by atoms with E-state index in [0.29, 0.717) is 0 Å². The van der Waals surface area contributed by atoms with Crippen molar-refractivity contribution in [2.75, 3.05) is 13.7 Å². The fourth-order valence-corrected chi connectivity index (χ4v) is 1.55. The van der Waals surface area contributed by atoms with Crippen LogP contribution in [0.25, 0.3) is 0 Å².